The third-order valence-corrected chi connectivity index (χ3v) is 7.95. The first-order valence-electron chi connectivity index (χ1n) is 11.7. The number of anilines is 1. The van der Waals surface area contributed by atoms with E-state index in [1.54, 1.807) is 4.57 Å². The van der Waals surface area contributed by atoms with Gasteiger partial charge in [-0.2, -0.15) is 4.98 Å². The minimum atomic E-state index is -4.16. The second-order valence-corrected chi connectivity index (χ2v) is 12.2. The molecule has 5 rings (SSSR count). The molecular weight excluding hydrogens is 622 g/mol. The highest BCUT2D eigenvalue weighted by molar-refractivity contribution is 8.44. The van der Waals surface area contributed by atoms with Gasteiger partial charge in [0.1, 0.15) is 43.1 Å². The number of rotatable bonds is 11. The summed E-state index contributed by atoms with van der Waals surface area (Å²) in [6.07, 6.45) is 1.21. The van der Waals surface area contributed by atoms with Gasteiger partial charge in [0.05, 0.1) is 31.7 Å². The van der Waals surface area contributed by atoms with Gasteiger partial charge in [0.15, 0.2) is 23.0 Å². The molecule has 1 fully saturated rings. The van der Waals surface area contributed by atoms with Crippen molar-refractivity contribution in [2.75, 3.05) is 18.9 Å². The highest BCUT2D eigenvalue weighted by Gasteiger charge is 2.48. The molecule has 1 saturated heterocycles. The average Bonchev–Trinajstić information content (AvgIpc) is 3.58. The van der Waals surface area contributed by atoms with E-state index < -0.39 is 42.1 Å². The second-order valence-electron chi connectivity index (χ2n) is 8.59. The van der Waals surface area contributed by atoms with E-state index in [4.69, 9.17) is 34.5 Å². The van der Waals surface area contributed by atoms with Crippen LogP contribution in [0.3, 0.4) is 0 Å². The van der Waals surface area contributed by atoms with E-state index in [-0.39, 0.29) is 49.3 Å². The van der Waals surface area contributed by atoms with Crippen LogP contribution in [0.1, 0.15) is 12.1 Å². The Morgan fingerprint density at radius 1 is 1.29 bits per heavy atom. The van der Waals surface area contributed by atoms with Crippen molar-refractivity contribution in [2.24, 2.45) is 5.73 Å². The number of imidazole rings is 2. The molecule has 18 nitrogen and oxygen atoms in total. The van der Waals surface area contributed by atoms with Crippen LogP contribution in [0.25, 0.3) is 22.3 Å². The van der Waals surface area contributed by atoms with Crippen molar-refractivity contribution in [2.45, 2.75) is 37.6 Å². The van der Waals surface area contributed by atoms with Crippen LogP contribution in [0.5, 0.6) is 0 Å². The van der Waals surface area contributed by atoms with Crippen LogP contribution < -0.4 is 17.0 Å². The van der Waals surface area contributed by atoms with Crippen LogP contribution in [-0.4, -0.2) is 75.8 Å². The van der Waals surface area contributed by atoms with Crippen molar-refractivity contribution >= 4 is 74.7 Å². The second kappa shape index (κ2) is 12.3. The Bertz CT molecular complexity index is 1680. The summed E-state index contributed by atoms with van der Waals surface area (Å²) >= 11 is 7.74. The number of fused-ring (bicyclic) bond motifs is 2. The molecule has 0 aliphatic carbocycles. The maximum Gasteiger partial charge on any atom is 0.387 e. The zero-order chi connectivity index (χ0) is 29.3. The maximum atomic E-state index is 13.5. The van der Waals surface area contributed by atoms with Crippen LogP contribution in [0.15, 0.2) is 23.6 Å². The molecule has 22 heteroatoms. The molecule has 2 unspecified atom stereocenters. The molecule has 41 heavy (non-hydrogen) atoms. The molecule has 0 aromatic carbocycles. The van der Waals surface area contributed by atoms with Gasteiger partial charge in [-0.15, -0.1) is 0 Å². The van der Waals surface area contributed by atoms with E-state index in [0.717, 1.165) is 0 Å². The number of nitrogens with two attached hydrogens (primary N) is 2. The SMILES string of the molecule is Nc1nc2c(ncn2[C@@H]2O[C@H](COP)[C@@H](N)[C@H]2OP(=O)(S)OCc2nc3cncnc3n2CCOC(=O)S)c(=O)[nH]1. The Hall–Kier alpha value is -2.67. The minimum absolute atomic E-state index is 0.00299. The minimum Gasteiger partial charge on any atom is -0.456 e. The topological polar surface area (TPSA) is 239 Å². The number of H-pyrrole nitrogens is 1. The molecule has 1 aliphatic rings. The van der Waals surface area contributed by atoms with Gasteiger partial charge in [-0.1, -0.05) is 24.9 Å². The normalized spacial score (nSPS) is 22.3. The van der Waals surface area contributed by atoms with Crippen LogP contribution in [0.4, 0.5) is 10.7 Å². The van der Waals surface area contributed by atoms with Gasteiger partial charge in [0.25, 0.3) is 5.56 Å². The zero-order valence-electron chi connectivity index (χ0n) is 20.8. The Morgan fingerprint density at radius 2 is 2.10 bits per heavy atom. The molecule has 4 aromatic heterocycles. The number of aromatic amines is 1. The average molecular weight is 647 g/mol. The first kappa shape index (κ1) is 29.8. The summed E-state index contributed by atoms with van der Waals surface area (Å²) in [7, 11) is 2.09. The maximum absolute atomic E-state index is 13.5. The third kappa shape index (κ3) is 6.40. The number of nitrogen functional groups attached to an aromatic ring is 1. The first-order valence-corrected chi connectivity index (χ1v) is 15.3. The summed E-state index contributed by atoms with van der Waals surface area (Å²) in [5.41, 5.74) is 12.5. The molecular formula is C19H24N10O8P2S2. The van der Waals surface area contributed by atoms with Crippen LogP contribution in [-0.2, 0) is 40.8 Å². The van der Waals surface area contributed by atoms with Gasteiger partial charge in [-0.05, 0) is 0 Å². The summed E-state index contributed by atoms with van der Waals surface area (Å²) in [4.78, 5) is 46.5. The lowest BCUT2D eigenvalue weighted by molar-refractivity contribution is -0.0407. The summed E-state index contributed by atoms with van der Waals surface area (Å²) in [6, 6.07) is -0.878. The van der Waals surface area contributed by atoms with Crippen molar-refractivity contribution in [1.82, 2.24) is 39.0 Å². The Balaban J connectivity index is 1.39. The lowest BCUT2D eigenvalue weighted by Gasteiger charge is -2.25. The Labute approximate surface area is 243 Å². The summed E-state index contributed by atoms with van der Waals surface area (Å²) < 4.78 is 44.0. The lowest BCUT2D eigenvalue weighted by atomic mass is 10.1. The lowest BCUT2D eigenvalue weighted by Crippen LogP contribution is -2.42. The fourth-order valence-electron chi connectivity index (χ4n) is 4.29. The van der Waals surface area contributed by atoms with Gasteiger partial charge in [-0.25, -0.2) is 29.3 Å². The fraction of sp³-hybridized carbons (Fsp3) is 0.421. The number of carbonyl (C=O) groups is 1. The Kier molecular flexibility index (Phi) is 8.93. The van der Waals surface area contributed by atoms with Gasteiger partial charge >= 0.3 is 12.1 Å². The Morgan fingerprint density at radius 3 is 2.85 bits per heavy atom. The van der Waals surface area contributed by atoms with Crippen molar-refractivity contribution in [1.29, 1.82) is 0 Å². The smallest absolute Gasteiger partial charge is 0.387 e. The van der Waals surface area contributed by atoms with E-state index in [9.17, 15) is 14.2 Å². The number of ether oxygens (including phenoxy) is 2. The van der Waals surface area contributed by atoms with Crippen LogP contribution >= 0.6 is 41.1 Å². The van der Waals surface area contributed by atoms with Crippen molar-refractivity contribution < 1.29 is 32.4 Å². The van der Waals surface area contributed by atoms with E-state index in [1.807, 2.05) is 0 Å². The number of hydrogen-bond donors (Lipinski definition) is 5. The molecule has 0 amide bonds. The van der Waals surface area contributed by atoms with E-state index in [0.29, 0.717) is 11.2 Å². The van der Waals surface area contributed by atoms with Crippen molar-refractivity contribution in [3.05, 3.63) is 35.0 Å². The van der Waals surface area contributed by atoms with Crippen LogP contribution in [0, 0.1) is 0 Å². The van der Waals surface area contributed by atoms with Crippen LogP contribution in [0.2, 0.25) is 0 Å². The number of nitrogens with zero attached hydrogens (tertiary/aromatic N) is 7. The summed E-state index contributed by atoms with van der Waals surface area (Å²) in [6.45, 7) is -4.33. The quantitative estimate of drug-likeness (QED) is 0.0851. The molecule has 0 saturated carbocycles. The highest BCUT2D eigenvalue weighted by atomic mass is 32.7. The number of hydrogen-bond acceptors (Lipinski definition) is 15. The van der Waals surface area contributed by atoms with Gasteiger partial charge in [-0.3, -0.25) is 23.4 Å². The standard InChI is InChI=1S/C19H24N10O8P2S2/c20-11-9(4-34-38)36-17(29-7-24-12-15(29)26-18(21)27-16(12)30)13(11)37-39(32,41)35-5-10-25-8-3-22-6-23-14(8)28(10)1-2-33-19(31)40/h3,6-7,9,11,13,17H,1-2,4-5,20,38H2,(H,31,40)(H,32,41)(H3,21,26,27,30)/t9-,11-,13-,17-,39?/m1/s1. The van der Waals surface area contributed by atoms with E-state index in [2.05, 4.69) is 64.2 Å². The molecule has 5 N–H and O–H groups in total. The molecule has 5 heterocycles. The predicted octanol–water partition coefficient (Wildman–Crippen LogP) is 0.579. The molecule has 0 spiro atoms. The molecule has 220 valence electrons. The number of carbonyl (C=O) groups excluding carboxylic acids is 1. The predicted molar refractivity (Wildman–Crippen MR) is 152 cm³/mol. The summed E-state index contributed by atoms with van der Waals surface area (Å²) in [5, 5.41) is -0.752. The molecule has 4 aromatic rings. The molecule has 1 aliphatic heterocycles. The van der Waals surface area contributed by atoms with Gasteiger partial charge in [0, 0.05) is 9.47 Å². The van der Waals surface area contributed by atoms with Crippen molar-refractivity contribution in [3.8, 4) is 0 Å². The third-order valence-electron chi connectivity index (χ3n) is 6.03. The fourth-order valence-corrected chi connectivity index (χ4v) is 5.96. The molecule has 0 bridgehead atoms. The number of nitrogens with one attached hydrogen (secondary N) is 1. The van der Waals surface area contributed by atoms with Gasteiger partial charge in [0.2, 0.25) is 5.95 Å². The van der Waals surface area contributed by atoms with E-state index in [1.165, 1.54) is 23.4 Å². The monoisotopic (exact) mass is 646 g/mol. The zero-order valence-corrected chi connectivity index (χ0v) is 24.7. The largest absolute Gasteiger partial charge is 0.456 e. The number of aromatic nitrogens is 8. The van der Waals surface area contributed by atoms with Crippen molar-refractivity contribution in [3.63, 3.8) is 0 Å². The number of thiol groups is 2. The summed E-state index contributed by atoms with van der Waals surface area (Å²) in [5.74, 6) is 0.139. The molecule has 6 atom stereocenters. The highest BCUT2D eigenvalue weighted by Crippen LogP contribution is 2.57. The van der Waals surface area contributed by atoms with E-state index >= 15 is 0 Å². The molecule has 0 radical (unpaired) electrons. The first-order chi connectivity index (χ1) is 19.6. The van der Waals surface area contributed by atoms with Gasteiger partial charge < -0.3 is 30.0 Å².